The average molecular weight is 210 g/mol. The van der Waals surface area contributed by atoms with E-state index in [1.807, 2.05) is 0 Å². The quantitative estimate of drug-likeness (QED) is 0.665. The van der Waals surface area contributed by atoms with Crippen LogP contribution in [0.3, 0.4) is 0 Å². The van der Waals surface area contributed by atoms with E-state index in [-0.39, 0.29) is 12.6 Å². The zero-order chi connectivity index (χ0) is 10.6. The predicted molar refractivity (Wildman–Crippen MR) is 51.5 cm³/mol. The van der Waals surface area contributed by atoms with Crippen LogP contribution in [-0.2, 0) is 10.2 Å². The van der Waals surface area contributed by atoms with E-state index in [9.17, 15) is 8.42 Å². The van der Waals surface area contributed by atoms with Crippen LogP contribution in [0.1, 0.15) is 13.8 Å². The minimum atomic E-state index is -3.39. The Hall–Kier alpha value is -0.170. The van der Waals surface area contributed by atoms with Crippen LogP contribution in [0.2, 0.25) is 0 Å². The fourth-order valence-corrected chi connectivity index (χ4v) is 2.01. The summed E-state index contributed by atoms with van der Waals surface area (Å²) >= 11 is 0. The second-order valence-corrected chi connectivity index (χ2v) is 5.06. The van der Waals surface area contributed by atoms with E-state index in [1.165, 1.54) is 18.4 Å². The summed E-state index contributed by atoms with van der Waals surface area (Å²) < 4.78 is 25.6. The molecule has 0 heterocycles. The molecule has 0 aliphatic rings. The molecule has 0 amide bonds. The monoisotopic (exact) mass is 210 g/mol. The first-order valence-electron chi connectivity index (χ1n) is 4.18. The Labute approximate surface area is 80.1 Å². The van der Waals surface area contributed by atoms with Gasteiger partial charge in [-0.3, -0.25) is 0 Å². The molecular weight excluding hydrogens is 192 g/mol. The molecule has 0 saturated carbocycles. The van der Waals surface area contributed by atoms with Gasteiger partial charge in [-0.25, -0.2) is 0 Å². The van der Waals surface area contributed by atoms with Crippen LogP contribution >= 0.6 is 0 Å². The Morgan fingerprint density at radius 2 is 1.85 bits per heavy atom. The fourth-order valence-electron chi connectivity index (χ4n) is 0.725. The summed E-state index contributed by atoms with van der Waals surface area (Å²) in [5.74, 6) is 0. The van der Waals surface area contributed by atoms with Crippen molar-refractivity contribution in [1.82, 2.24) is 8.61 Å². The second kappa shape index (κ2) is 4.90. The summed E-state index contributed by atoms with van der Waals surface area (Å²) in [7, 11) is -0.423. The zero-order valence-electron chi connectivity index (χ0n) is 8.56. The molecule has 0 radical (unpaired) electrons. The minimum Gasteiger partial charge on any atom is -0.395 e. The number of hydrogen-bond acceptors (Lipinski definition) is 3. The summed E-state index contributed by atoms with van der Waals surface area (Å²) in [6.45, 7) is 3.66. The number of hydrogen-bond donors (Lipinski definition) is 1. The van der Waals surface area contributed by atoms with Crippen LogP contribution in [0.15, 0.2) is 0 Å². The Bertz CT molecular complexity index is 240. The van der Waals surface area contributed by atoms with Gasteiger partial charge in [0.05, 0.1) is 6.61 Å². The van der Waals surface area contributed by atoms with Crippen LogP contribution in [-0.4, -0.2) is 55.4 Å². The summed E-state index contributed by atoms with van der Waals surface area (Å²) in [4.78, 5) is 0. The van der Waals surface area contributed by atoms with Gasteiger partial charge in [-0.05, 0) is 6.92 Å². The third-order valence-corrected chi connectivity index (χ3v) is 4.22. The Balaban J connectivity index is 4.64. The van der Waals surface area contributed by atoms with Crippen molar-refractivity contribution in [2.75, 3.05) is 27.2 Å². The van der Waals surface area contributed by atoms with Gasteiger partial charge in [0, 0.05) is 26.7 Å². The summed E-state index contributed by atoms with van der Waals surface area (Å²) in [5, 5.41) is 8.80. The Morgan fingerprint density at radius 3 is 2.15 bits per heavy atom. The molecule has 0 spiro atoms. The van der Waals surface area contributed by atoms with Crippen molar-refractivity contribution in [3.63, 3.8) is 0 Å². The van der Waals surface area contributed by atoms with E-state index < -0.39 is 10.2 Å². The van der Waals surface area contributed by atoms with Crippen molar-refractivity contribution in [3.05, 3.63) is 0 Å². The number of rotatable bonds is 5. The largest absolute Gasteiger partial charge is 0.395 e. The molecule has 5 nitrogen and oxygen atoms in total. The Kier molecular flexibility index (Phi) is 4.83. The molecule has 1 N–H and O–H groups in total. The fraction of sp³-hybridized carbons (Fsp3) is 1.00. The number of likely N-dealkylation sites (N-methyl/N-ethyl adjacent to an activating group) is 1. The molecule has 0 aromatic heterocycles. The van der Waals surface area contributed by atoms with E-state index in [0.29, 0.717) is 6.54 Å². The smallest absolute Gasteiger partial charge is 0.281 e. The van der Waals surface area contributed by atoms with Gasteiger partial charge in [0.2, 0.25) is 0 Å². The minimum absolute atomic E-state index is 0.173. The van der Waals surface area contributed by atoms with E-state index in [2.05, 4.69) is 0 Å². The van der Waals surface area contributed by atoms with Crippen molar-refractivity contribution in [3.8, 4) is 0 Å². The normalized spacial score (nSPS) is 15.3. The molecule has 0 aromatic rings. The molecule has 0 aromatic carbocycles. The zero-order valence-corrected chi connectivity index (χ0v) is 9.37. The highest BCUT2D eigenvalue weighted by molar-refractivity contribution is 7.86. The van der Waals surface area contributed by atoms with E-state index in [1.54, 1.807) is 13.8 Å². The van der Waals surface area contributed by atoms with E-state index in [0.717, 1.165) is 4.31 Å². The summed E-state index contributed by atoms with van der Waals surface area (Å²) in [6, 6.07) is -0.390. The lowest BCUT2D eigenvalue weighted by molar-refractivity contribution is 0.208. The van der Waals surface area contributed by atoms with Gasteiger partial charge >= 0.3 is 0 Å². The maximum Gasteiger partial charge on any atom is 0.281 e. The molecule has 6 heteroatoms. The molecule has 0 aliphatic carbocycles. The van der Waals surface area contributed by atoms with Gasteiger partial charge in [-0.1, -0.05) is 6.92 Å². The summed E-state index contributed by atoms with van der Waals surface area (Å²) in [6.07, 6.45) is 0. The van der Waals surface area contributed by atoms with Gasteiger partial charge in [0.25, 0.3) is 10.2 Å². The van der Waals surface area contributed by atoms with E-state index in [4.69, 9.17) is 5.11 Å². The molecule has 0 aliphatic heterocycles. The molecule has 1 unspecified atom stereocenters. The van der Waals surface area contributed by atoms with Gasteiger partial charge in [-0.2, -0.15) is 17.0 Å². The predicted octanol–water partition coefficient (Wildman–Crippen LogP) is -0.504. The third-order valence-electron chi connectivity index (χ3n) is 2.09. The van der Waals surface area contributed by atoms with Crippen LogP contribution < -0.4 is 0 Å². The highest BCUT2D eigenvalue weighted by Crippen LogP contribution is 2.07. The average Bonchev–Trinajstić information content (AvgIpc) is 2.13. The van der Waals surface area contributed by atoms with Gasteiger partial charge in [-0.15, -0.1) is 0 Å². The van der Waals surface area contributed by atoms with Crippen molar-refractivity contribution in [1.29, 1.82) is 0 Å². The van der Waals surface area contributed by atoms with Crippen LogP contribution in [0.25, 0.3) is 0 Å². The number of aliphatic hydroxyl groups excluding tert-OH is 1. The maximum atomic E-state index is 11.6. The SMILES string of the molecule is CCN(C)S(=O)(=O)N(C)C(C)CO. The Morgan fingerprint density at radius 1 is 1.38 bits per heavy atom. The van der Waals surface area contributed by atoms with Crippen LogP contribution in [0.4, 0.5) is 0 Å². The molecule has 80 valence electrons. The molecule has 1 atom stereocenters. The van der Waals surface area contributed by atoms with Crippen molar-refractivity contribution in [2.24, 2.45) is 0 Å². The standard InChI is InChI=1S/C7H18N2O3S/c1-5-8(3)13(11,12)9(4)7(2)6-10/h7,10H,5-6H2,1-4H3. The highest BCUT2D eigenvalue weighted by atomic mass is 32.2. The maximum absolute atomic E-state index is 11.6. The molecule has 13 heavy (non-hydrogen) atoms. The van der Waals surface area contributed by atoms with Crippen molar-refractivity contribution in [2.45, 2.75) is 19.9 Å². The third kappa shape index (κ3) is 2.91. The molecule has 0 rings (SSSR count). The lowest BCUT2D eigenvalue weighted by Gasteiger charge is -2.27. The molecule has 0 saturated heterocycles. The summed E-state index contributed by atoms with van der Waals surface area (Å²) in [5.41, 5.74) is 0. The second-order valence-electron chi connectivity index (χ2n) is 2.97. The topological polar surface area (TPSA) is 60.9 Å². The lowest BCUT2D eigenvalue weighted by Crippen LogP contribution is -2.45. The van der Waals surface area contributed by atoms with Crippen LogP contribution in [0.5, 0.6) is 0 Å². The first kappa shape index (κ1) is 12.8. The lowest BCUT2D eigenvalue weighted by atomic mass is 10.4. The molecule has 0 bridgehead atoms. The van der Waals surface area contributed by atoms with E-state index >= 15 is 0 Å². The van der Waals surface area contributed by atoms with Crippen LogP contribution in [0, 0.1) is 0 Å². The van der Waals surface area contributed by atoms with Crippen molar-refractivity contribution >= 4 is 10.2 Å². The van der Waals surface area contributed by atoms with Gasteiger partial charge in [0.15, 0.2) is 0 Å². The number of aliphatic hydroxyl groups is 1. The molecular formula is C7H18N2O3S. The first-order chi connectivity index (χ1) is 5.87. The van der Waals surface area contributed by atoms with Crippen molar-refractivity contribution < 1.29 is 13.5 Å². The van der Waals surface area contributed by atoms with Gasteiger partial charge < -0.3 is 5.11 Å². The van der Waals surface area contributed by atoms with Gasteiger partial charge in [0.1, 0.15) is 0 Å². The number of nitrogens with zero attached hydrogens (tertiary/aromatic N) is 2. The molecule has 0 fully saturated rings. The first-order valence-corrected chi connectivity index (χ1v) is 5.57. The highest BCUT2D eigenvalue weighted by Gasteiger charge is 2.25.